The molecule has 2 aromatic rings. The first kappa shape index (κ1) is 18.5. The summed E-state index contributed by atoms with van der Waals surface area (Å²) in [5.74, 6) is -0.814. The second kappa shape index (κ2) is 8.84. The number of hydrogen-bond donors (Lipinski definition) is 2. The molecule has 0 saturated heterocycles. The summed E-state index contributed by atoms with van der Waals surface area (Å²) in [6.07, 6.45) is 3.16. The van der Waals surface area contributed by atoms with Crippen LogP contribution in [0.3, 0.4) is 0 Å². The number of anilines is 1. The van der Waals surface area contributed by atoms with Crippen molar-refractivity contribution in [2.24, 2.45) is 0 Å². The van der Waals surface area contributed by atoms with Gasteiger partial charge >= 0.3 is 0 Å². The van der Waals surface area contributed by atoms with Crippen LogP contribution in [0, 0.1) is 11.6 Å². The Hall–Kier alpha value is -1.87. The van der Waals surface area contributed by atoms with Gasteiger partial charge in [-0.2, -0.15) is 0 Å². The van der Waals surface area contributed by atoms with Gasteiger partial charge in [0, 0.05) is 24.5 Å². The number of ether oxygens (including phenoxy) is 1. The first-order valence-corrected chi connectivity index (χ1v) is 8.34. The molecule has 0 amide bonds. The molecule has 0 aliphatic heterocycles. The van der Waals surface area contributed by atoms with E-state index in [0.29, 0.717) is 17.0 Å². The van der Waals surface area contributed by atoms with Crippen LogP contribution in [0.2, 0.25) is 0 Å². The Morgan fingerprint density at radius 2 is 2.04 bits per heavy atom. The lowest BCUT2D eigenvalue weighted by Gasteiger charge is -2.12. The monoisotopic (exact) mass is 416 g/mol. The maximum Gasteiger partial charge on any atom is 0.172 e. The Bertz CT molecular complexity index is 733. The lowest BCUT2D eigenvalue weighted by Crippen LogP contribution is -2.31. The molecule has 0 saturated carbocycles. The zero-order valence-corrected chi connectivity index (χ0v) is 15.2. The van der Waals surface area contributed by atoms with Crippen LogP contribution < -0.4 is 15.4 Å². The molecule has 0 aliphatic carbocycles. The third-order valence-corrected chi connectivity index (χ3v) is 3.82. The van der Waals surface area contributed by atoms with Gasteiger partial charge in [-0.25, -0.2) is 18.7 Å². The lowest BCUT2D eigenvalue weighted by molar-refractivity contribution is 0.318. The van der Waals surface area contributed by atoms with Crippen LogP contribution in [-0.4, -0.2) is 28.2 Å². The molecule has 0 aliphatic rings. The van der Waals surface area contributed by atoms with Gasteiger partial charge < -0.3 is 15.4 Å². The van der Waals surface area contributed by atoms with E-state index in [9.17, 15) is 8.78 Å². The molecule has 0 unspecified atom stereocenters. The predicted octanol–water partition coefficient (Wildman–Crippen LogP) is 3.45. The van der Waals surface area contributed by atoms with Crippen molar-refractivity contribution in [1.82, 2.24) is 15.3 Å². The third-order valence-electron chi connectivity index (χ3n) is 3.00. The van der Waals surface area contributed by atoms with E-state index >= 15 is 0 Å². The number of rotatable bonds is 6. The van der Waals surface area contributed by atoms with Crippen LogP contribution >= 0.6 is 28.1 Å². The fourth-order valence-electron chi connectivity index (χ4n) is 1.93. The van der Waals surface area contributed by atoms with E-state index in [1.54, 1.807) is 6.92 Å². The topological polar surface area (TPSA) is 59.1 Å². The van der Waals surface area contributed by atoms with Gasteiger partial charge in [0.05, 0.1) is 6.61 Å². The van der Waals surface area contributed by atoms with Crippen molar-refractivity contribution < 1.29 is 13.5 Å². The van der Waals surface area contributed by atoms with E-state index < -0.39 is 11.6 Å². The van der Waals surface area contributed by atoms with Crippen molar-refractivity contribution in [3.8, 4) is 5.75 Å². The minimum absolute atomic E-state index is 0.0399. The summed E-state index contributed by atoms with van der Waals surface area (Å²) in [7, 11) is 0. The van der Waals surface area contributed by atoms with Crippen molar-refractivity contribution in [2.45, 2.75) is 13.3 Å². The average Bonchev–Trinajstić information content (AvgIpc) is 2.55. The largest absolute Gasteiger partial charge is 0.491 e. The molecule has 5 nitrogen and oxygen atoms in total. The van der Waals surface area contributed by atoms with Crippen molar-refractivity contribution >= 4 is 39.1 Å². The van der Waals surface area contributed by atoms with Gasteiger partial charge in [-0.05, 0) is 53.6 Å². The smallest absolute Gasteiger partial charge is 0.172 e. The molecule has 24 heavy (non-hydrogen) atoms. The highest BCUT2D eigenvalue weighted by Gasteiger charge is 2.14. The van der Waals surface area contributed by atoms with Gasteiger partial charge in [-0.15, -0.1) is 0 Å². The summed E-state index contributed by atoms with van der Waals surface area (Å²) in [4.78, 5) is 8.06. The summed E-state index contributed by atoms with van der Waals surface area (Å²) in [5.41, 5.74) is -0.0445. The Morgan fingerprint density at radius 3 is 2.75 bits per heavy atom. The Morgan fingerprint density at radius 1 is 1.29 bits per heavy atom. The maximum atomic E-state index is 14.2. The molecule has 0 atom stereocenters. The Labute approximate surface area is 152 Å². The molecule has 128 valence electrons. The number of nitrogens with zero attached hydrogens (tertiary/aromatic N) is 2. The molecular weight excluding hydrogens is 402 g/mol. The predicted molar refractivity (Wildman–Crippen MR) is 95.2 cm³/mol. The first-order chi connectivity index (χ1) is 11.5. The summed E-state index contributed by atoms with van der Waals surface area (Å²) < 4.78 is 33.6. The van der Waals surface area contributed by atoms with Gasteiger partial charge in [0.25, 0.3) is 0 Å². The van der Waals surface area contributed by atoms with E-state index in [-0.39, 0.29) is 29.4 Å². The molecule has 2 rings (SSSR count). The van der Waals surface area contributed by atoms with E-state index in [0.717, 1.165) is 0 Å². The van der Waals surface area contributed by atoms with Gasteiger partial charge in [0.1, 0.15) is 10.4 Å². The quantitative estimate of drug-likeness (QED) is 0.703. The summed E-state index contributed by atoms with van der Waals surface area (Å²) in [6.45, 7) is 2.28. The highest BCUT2D eigenvalue weighted by Crippen LogP contribution is 2.23. The standard InChI is InChI=1S/C15H15BrF2N4OS/c1-2-23-11-4-3-10(17)9(12(11)18)5-6-21-15(24)22-14-13(16)19-7-8-20-14/h3-4,7-8H,2,5-6H2,1H3,(H2,20,21,22,24). The minimum Gasteiger partial charge on any atom is -0.491 e. The molecule has 0 radical (unpaired) electrons. The van der Waals surface area contributed by atoms with Crippen molar-refractivity contribution in [1.29, 1.82) is 0 Å². The van der Waals surface area contributed by atoms with Gasteiger partial charge in [0.15, 0.2) is 22.5 Å². The van der Waals surface area contributed by atoms with E-state index in [4.69, 9.17) is 17.0 Å². The SMILES string of the molecule is CCOc1ccc(F)c(CCNC(=S)Nc2nccnc2Br)c1F. The number of aromatic nitrogens is 2. The van der Waals surface area contributed by atoms with E-state index in [1.807, 2.05) is 0 Å². The fourth-order valence-corrected chi connectivity index (χ4v) is 2.45. The van der Waals surface area contributed by atoms with Crippen LogP contribution in [0.5, 0.6) is 5.75 Å². The number of halogens is 3. The molecule has 9 heteroatoms. The minimum atomic E-state index is -0.686. The molecule has 1 aromatic carbocycles. The summed E-state index contributed by atoms with van der Waals surface area (Å²) in [6, 6.07) is 2.47. The molecule has 2 N–H and O–H groups in total. The van der Waals surface area contributed by atoms with Crippen LogP contribution in [0.4, 0.5) is 14.6 Å². The van der Waals surface area contributed by atoms with Crippen molar-refractivity contribution in [2.75, 3.05) is 18.5 Å². The van der Waals surface area contributed by atoms with E-state index in [1.165, 1.54) is 24.5 Å². The van der Waals surface area contributed by atoms with E-state index in [2.05, 4.69) is 36.5 Å². The normalized spacial score (nSPS) is 10.3. The molecule has 1 heterocycles. The fraction of sp³-hybridized carbons (Fsp3) is 0.267. The van der Waals surface area contributed by atoms with Crippen LogP contribution in [0.1, 0.15) is 12.5 Å². The second-order valence-electron chi connectivity index (χ2n) is 4.60. The van der Waals surface area contributed by atoms with Crippen molar-refractivity contribution in [3.05, 3.63) is 46.3 Å². The average molecular weight is 417 g/mol. The van der Waals surface area contributed by atoms with Crippen LogP contribution in [-0.2, 0) is 6.42 Å². The summed E-state index contributed by atoms with van der Waals surface area (Å²) in [5, 5.41) is 5.99. The summed E-state index contributed by atoms with van der Waals surface area (Å²) >= 11 is 8.36. The first-order valence-electron chi connectivity index (χ1n) is 7.14. The van der Waals surface area contributed by atoms with Gasteiger partial charge in [-0.3, -0.25) is 0 Å². The molecule has 0 fully saturated rings. The Kier molecular flexibility index (Phi) is 6.80. The molecule has 0 spiro atoms. The highest BCUT2D eigenvalue weighted by molar-refractivity contribution is 9.10. The second-order valence-corrected chi connectivity index (χ2v) is 5.76. The maximum absolute atomic E-state index is 14.2. The molecular formula is C15H15BrF2N4OS. The number of thiocarbonyl (C=S) groups is 1. The molecule has 1 aromatic heterocycles. The zero-order valence-electron chi connectivity index (χ0n) is 12.8. The van der Waals surface area contributed by atoms with Crippen LogP contribution in [0.25, 0.3) is 0 Å². The number of nitrogens with one attached hydrogen (secondary N) is 2. The number of benzene rings is 1. The van der Waals surface area contributed by atoms with Gasteiger partial charge in [0.2, 0.25) is 0 Å². The lowest BCUT2D eigenvalue weighted by atomic mass is 10.1. The number of hydrogen-bond acceptors (Lipinski definition) is 4. The van der Waals surface area contributed by atoms with Crippen molar-refractivity contribution in [3.63, 3.8) is 0 Å². The Balaban J connectivity index is 1.93. The zero-order chi connectivity index (χ0) is 17.5. The van der Waals surface area contributed by atoms with Crippen LogP contribution in [0.15, 0.2) is 29.1 Å². The highest BCUT2D eigenvalue weighted by atomic mass is 79.9. The third kappa shape index (κ3) is 4.81. The molecule has 0 bridgehead atoms. The van der Waals surface area contributed by atoms with Gasteiger partial charge in [-0.1, -0.05) is 0 Å².